The fourth-order valence-corrected chi connectivity index (χ4v) is 4.15. The molecular weight excluding hydrogens is 424 g/mol. The van der Waals surface area contributed by atoms with Crippen molar-refractivity contribution in [3.05, 3.63) is 58.6 Å². The van der Waals surface area contributed by atoms with E-state index < -0.39 is 0 Å². The van der Waals surface area contributed by atoms with Crippen LogP contribution < -0.4 is 19.8 Å². The van der Waals surface area contributed by atoms with Gasteiger partial charge in [-0.1, -0.05) is 18.2 Å². The van der Waals surface area contributed by atoms with Crippen LogP contribution in [0.4, 0.5) is 0 Å². The van der Waals surface area contributed by atoms with Crippen LogP contribution >= 0.6 is 0 Å². The molecule has 2 aromatic carbocycles. The van der Waals surface area contributed by atoms with Crippen LogP contribution in [0.1, 0.15) is 5.56 Å². The lowest BCUT2D eigenvalue weighted by Crippen LogP contribution is -2.49. The first-order valence-corrected chi connectivity index (χ1v) is 10.8. The summed E-state index contributed by atoms with van der Waals surface area (Å²) >= 11 is 0. The van der Waals surface area contributed by atoms with Crippen molar-refractivity contribution in [3.63, 3.8) is 0 Å². The van der Waals surface area contributed by atoms with E-state index in [0.717, 1.165) is 5.56 Å². The van der Waals surface area contributed by atoms with Crippen LogP contribution in [0.25, 0.3) is 10.9 Å². The average Bonchev–Trinajstić information content (AvgIpc) is 2.85. The van der Waals surface area contributed by atoms with Crippen molar-refractivity contribution >= 4 is 16.8 Å². The highest BCUT2D eigenvalue weighted by Crippen LogP contribution is 2.40. The van der Waals surface area contributed by atoms with E-state index >= 15 is 0 Å². The van der Waals surface area contributed by atoms with E-state index in [1.807, 2.05) is 18.2 Å². The monoisotopic (exact) mass is 452 g/mol. The standard InChI is InChI=1S/C24H28N4O5/c1-31-20-9-8-17(22(32-2)23(20)33-3)14-26-10-12-27(13-11-26)21(29)15-28-16-25-19-7-5-4-6-18(19)24(28)30/h4-9,16H,10-15H2,1-3H3. The van der Waals surface area contributed by atoms with Crippen LogP contribution in [-0.2, 0) is 17.9 Å². The first-order valence-electron chi connectivity index (χ1n) is 10.8. The summed E-state index contributed by atoms with van der Waals surface area (Å²) in [5.74, 6) is 1.75. The van der Waals surface area contributed by atoms with Gasteiger partial charge in [-0.25, -0.2) is 4.98 Å². The highest BCUT2D eigenvalue weighted by molar-refractivity contribution is 5.79. The lowest BCUT2D eigenvalue weighted by molar-refractivity contribution is -0.133. The number of carbonyl (C=O) groups excluding carboxylic acids is 1. The molecule has 0 bridgehead atoms. The Morgan fingerprint density at radius 2 is 1.67 bits per heavy atom. The van der Waals surface area contributed by atoms with Gasteiger partial charge in [0.1, 0.15) is 6.54 Å². The van der Waals surface area contributed by atoms with E-state index in [1.54, 1.807) is 44.4 Å². The van der Waals surface area contributed by atoms with Crippen LogP contribution in [0.3, 0.4) is 0 Å². The van der Waals surface area contributed by atoms with Crippen LogP contribution in [0.5, 0.6) is 17.2 Å². The van der Waals surface area contributed by atoms with Gasteiger partial charge in [-0.15, -0.1) is 0 Å². The highest BCUT2D eigenvalue weighted by atomic mass is 16.5. The molecule has 0 radical (unpaired) electrons. The maximum Gasteiger partial charge on any atom is 0.261 e. The molecule has 9 nitrogen and oxygen atoms in total. The summed E-state index contributed by atoms with van der Waals surface area (Å²) in [7, 11) is 4.79. The molecular formula is C24H28N4O5. The molecule has 0 aliphatic carbocycles. The van der Waals surface area contributed by atoms with Gasteiger partial charge in [0.25, 0.3) is 5.56 Å². The SMILES string of the molecule is COc1ccc(CN2CCN(C(=O)Cn3cnc4ccccc4c3=O)CC2)c(OC)c1OC. The third kappa shape index (κ3) is 4.63. The van der Waals surface area contributed by atoms with E-state index in [2.05, 4.69) is 9.88 Å². The van der Waals surface area contributed by atoms with E-state index in [-0.39, 0.29) is 18.0 Å². The molecule has 0 unspecified atom stereocenters. The van der Waals surface area contributed by atoms with E-state index in [4.69, 9.17) is 14.2 Å². The van der Waals surface area contributed by atoms with E-state index in [9.17, 15) is 9.59 Å². The molecule has 1 aliphatic rings. The van der Waals surface area contributed by atoms with Gasteiger partial charge in [-0.05, 0) is 18.2 Å². The number of fused-ring (bicyclic) bond motifs is 1. The minimum absolute atomic E-state index is 0.0137. The number of benzene rings is 2. The first kappa shape index (κ1) is 22.6. The zero-order valence-electron chi connectivity index (χ0n) is 19.1. The van der Waals surface area contributed by atoms with Crippen LogP contribution in [-0.4, -0.2) is 72.8 Å². The quantitative estimate of drug-likeness (QED) is 0.540. The second-order valence-corrected chi connectivity index (χ2v) is 7.85. The van der Waals surface area contributed by atoms with Crippen molar-refractivity contribution in [1.29, 1.82) is 0 Å². The second kappa shape index (κ2) is 9.91. The molecule has 2 heterocycles. The average molecular weight is 453 g/mol. The van der Waals surface area contributed by atoms with Crippen LogP contribution in [0, 0.1) is 0 Å². The molecule has 1 saturated heterocycles. The number of carbonyl (C=O) groups is 1. The van der Waals surface area contributed by atoms with Gasteiger partial charge in [0, 0.05) is 38.3 Å². The third-order valence-electron chi connectivity index (χ3n) is 5.94. The fourth-order valence-electron chi connectivity index (χ4n) is 4.15. The predicted molar refractivity (Wildman–Crippen MR) is 124 cm³/mol. The van der Waals surface area contributed by atoms with Crippen molar-refractivity contribution in [2.45, 2.75) is 13.1 Å². The molecule has 1 fully saturated rings. The van der Waals surface area contributed by atoms with Gasteiger partial charge in [-0.3, -0.25) is 19.1 Å². The van der Waals surface area contributed by atoms with Gasteiger partial charge in [0.05, 0.1) is 38.6 Å². The number of ether oxygens (including phenoxy) is 3. The maximum absolute atomic E-state index is 12.8. The highest BCUT2D eigenvalue weighted by Gasteiger charge is 2.24. The number of para-hydroxylation sites is 1. The third-order valence-corrected chi connectivity index (χ3v) is 5.94. The minimum Gasteiger partial charge on any atom is -0.493 e. The molecule has 0 atom stereocenters. The van der Waals surface area contributed by atoms with Gasteiger partial charge < -0.3 is 19.1 Å². The number of piperazine rings is 1. The molecule has 1 amide bonds. The van der Waals surface area contributed by atoms with Crippen molar-refractivity contribution in [1.82, 2.24) is 19.4 Å². The Balaban J connectivity index is 1.39. The summed E-state index contributed by atoms with van der Waals surface area (Å²) in [6.07, 6.45) is 1.45. The molecule has 9 heteroatoms. The Labute approximate surface area is 192 Å². The minimum atomic E-state index is -0.201. The van der Waals surface area contributed by atoms with Gasteiger partial charge in [0.2, 0.25) is 11.7 Å². The Hall–Kier alpha value is -3.59. The number of hydrogen-bond donors (Lipinski definition) is 0. The molecule has 1 aromatic heterocycles. The maximum atomic E-state index is 12.8. The Morgan fingerprint density at radius 1 is 0.939 bits per heavy atom. The van der Waals surface area contributed by atoms with E-state index in [0.29, 0.717) is 60.9 Å². The molecule has 1 aliphatic heterocycles. The van der Waals surface area contributed by atoms with Crippen molar-refractivity contribution in [2.75, 3.05) is 47.5 Å². The zero-order chi connectivity index (χ0) is 23.4. The number of hydrogen-bond acceptors (Lipinski definition) is 7. The van der Waals surface area contributed by atoms with Gasteiger partial charge in [0.15, 0.2) is 11.5 Å². The predicted octanol–water partition coefficient (Wildman–Crippen LogP) is 1.77. The lowest BCUT2D eigenvalue weighted by Gasteiger charge is -2.35. The summed E-state index contributed by atoms with van der Waals surface area (Å²) in [5.41, 5.74) is 1.42. The molecule has 33 heavy (non-hydrogen) atoms. The lowest BCUT2D eigenvalue weighted by atomic mass is 10.1. The largest absolute Gasteiger partial charge is 0.493 e. The zero-order valence-corrected chi connectivity index (χ0v) is 19.1. The van der Waals surface area contributed by atoms with Gasteiger partial charge in [-0.2, -0.15) is 0 Å². The Bertz CT molecular complexity index is 1200. The van der Waals surface area contributed by atoms with Crippen LogP contribution in [0.2, 0.25) is 0 Å². The second-order valence-electron chi connectivity index (χ2n) is 7.85. The first-order chi connectivity index (χ1) is 16.0. The number of rotatable bonds is 7. The normalized spacial score (nSPS) is 14.3. The molecule has 0 saturated carbocycles. The smallest absolute Gasteiger partial charge is 0.261 e. The Kier molecular flexibility index (Phi) is 6.79. The summed E-state index contributed by atoms with van der Waals surface area (Å²) < 4.78 is 17.8. The molecule has 0 spiro atoms. The molecule has 0 N–H and O–H groups in total. The molecule has 4 rings (SSSR count). The van der Waals surface area contributed by atoms with Crippen molar-refractivity contribution in [3.8, 4) is 17.2 Å². The summed E-state index contributed by atoms with van der Waals surface area (Å²) in [5, 5.41) is 0.515. The summed E-state index contributed by atoms with van der Waals surface area (Å²) in [6.45, 7) is 3.26. The van der Waals surface area contributed by atoms with Crippen LogP contribution in [0.15, 0.2) is 47.5 Å². The number of methoxy groups -OCH3 is 3. The van der Waals surface area contributed by atoms with E-state index in [1.165, 1.54) is 10.9 Å². The van der Waals surface area contributed by atoms with Crippen molar-refractivity contribution in [2.24, 2.45) is 0 Å². The molecule has 174 valence electrons. The van der Waals surface area contributed by atoms with Gasteiger partial charge >= 0.3 is 0 Å². The summed E-state index contributed by atoms with van der Waals surface area (Å²) in [6, 6.07) is 11.0. The Morgan fingerprint density at radius 3 is 2.36 bits per heavy atom. The topological polar surface area (TPSA) is 86.1 Å². The number of amides is 1. The van der Waals surface area contributed by atoms with Crippen molar-refractivity contribution < 1.29 is 19.0 Å². The summed E-state index contributed by atoms with van der Waals surface area (Å²) in [4.78, 5) is 33.9. The molecule has 3 aromatic rings. The number of nitrogens with zero attached hydrogens (tertiary/aromatic N) is 4. The fraction of sp³-hybridized carbons (Fsp3) is 0.375. The number of aromatic nitrogens is 2.